The number of hydrogen-bond acceptors (Lipinski definition) is 4. The molecule has 1 atom stereocenters. The fourth-order valence-electron chi connectivity index (χ4n) is 1.73. The Balaban J connectivity index is 2.59. The number of carbonyl (C=O) groups is 1. The van der Waals surface area contributed by atoms with Crippen molar-refractivity contribution in [2.75, 3.05) is 6.61 Å². The topological polar surface area (TPSA) is 66.8 Å². The van der Waals surface area contributed by atoms with Crippen LogP contribution in [0.15, 0.2) is 6.07 Å². The molecule has 1 aromatic carbocycles. The van der Waals surface area contributed by atoms with Crippen LogP contribution in [-0.2, 0) is 0 Å². The molecule has 0 fully saturated rings. The molecule has 0 bridgehead atoms. The normalized spacial score (nSPS) is 19.1. The van der Waals surface area contributed by atoms with Crippen LogP contribution in [0.25, 0.3) is 0 Å². The van der Waals surface area contributed by atoms with Gasteiger partial charge in [0.15, 0.2) is 11.5 Å². The Bertz CT molecular complexity index is 456. The van der Waals surface area contributed by atoms with Gasteiger partial charge in [-0.25, -0.2) is 0 Å². The summed E-state index contributed by atoms with van der Waals surface area (Å²) in [4.78, 5) is 12.0. The highest BCUT2D eigenvalue weighted by molar-refractivity contribution is 6.34. The minimum absolute atomic E-state index is 0.0703. The lowest BCUT2D eigenvalue weighted by atomic mass is 9.92. The van der Waals surface area contributed by atoms with Gasteiger partial charge in [0.2, 0.25) is 0 Å². The van der Waals surface area contributed by atoms with Crippen LogP contribution >= 0.6 is 11.6 Å². The number of ketones is 1. The predicted octanol–water partition coefficient (Wildman–Crippen LogP) is 2.35. The largest absolute Gasteiger partial charge is 0.506 e. The van der Waals surface area contributed by atoms with E-state index in [0.717, 1.165) is 0 Å². The van der Waals surface area contributed by atoms with E-state index in [2.05, 4.69) is 0 Å². The van der Waals surface area contributed by atoms with Crippen molar-refractivity contribution in [1.29, 1.82) is 0 Å². The second kappa shape index (κ2) is 3.87. The fraction of sp³-hybridized carbons (Fsp3) is 0.364. The van der Waals surface area contributed by atoms with Gasteiger partial charge in [-0.15, -0.1) is 0 Å². The summed E-state index contributed by atoms with van der Waals surface area (Å²) in [6.45, 7) is 2.14. The lowest BCUT2D eigenvalue weighted by Gasteiger charge is -2.24. The minimum atomic E-state index is -0.403. The van der Waals surface area contributed by atoms with Crippen molar-refractivity contribution in [1.82, 2.24) is 0 Å². The highest BCUT2D eigenvalue weighted by Gasteiger charge is 2.32. The average Bonchev–Trinajstić information content (AvgIpc) is 2.26. The van der Waals surface area contributed by atoms with Crippen molar-refractivity contribution in [2.45, 2.75) is 13.3 Å². The van der Waals surface area contributed by atoms with Crippen molar-refractivity contribution in [3.63, 3.8) is 0 Å². The van der Waals surface area contributed by atoms with E-state index in [9.17, 15) is 15.0 Å². The standard InChI is InChI=1S/C11H11ClO4/c1-2-5-4-16-7-3-6(13)9(12)11(15)8(7)10(5)14/h3,5,13,15H,2,4H2,1H3. The van der Waals surface area contributed by atoms with E-state index in [1.807, 2.05) is 6.92 Å². The zero-order valence-corrected chi connectivity index (χ0v) is 9.41. The van der Waals surface area contributed by atoms with Crippen LogP contribution in [-0.4, -0.2) is 22.6 Å². The minimum Gasteiger partial charge on any atom is -0.506 e. The molecule has 16 heavy (non-hydrogen) atoms. The molecule has 0 saturated carbocycles. The van der Waals surface area contributed by atoms with E-state index in [1.165, 1.54) is 6.07 Å². The molecule has 86 valence electrons. The van der Waals surface area contributed by atoms with Gasteiger partial charge in [0.05, 0.1) is 12.5 Å². The summed E-state index contributed by atoms with van der Waals surface area (Å²) in [5.74, 6) is -0.961. The molecule has 0 aromatic heterocycles. The highest BCUT2D eigenvalue weighted by Crippen LogP contribution is 2.44. The molecule has 1 unspecified atom stereocenters. The van der Waals surface area contributed by atoms with Gasteiger partial charge in [0.25, 0.3) is 0 Å². The van der Waals surface area contributed by atoms with Gasteiger partial charge in [-0.2, -0.15) is 0 Å². The quantitative estimate of drug-likeness (QED) is 0.793. The van der Waals surface area contributed by atoms with Crippen LogP contribution < -0.4 is 4.74 Å². The predicted molar refractivity (Wildman–Crippen MR) is 58.4 cm³/mol. The van der Waals surface area contributed by atoms with E-state index in [1.54, 1.807) is 0 Å². The van der Waals surface area contributed by atoms with Crippen LogP contribution in [0, 0.1) is 5.92 Å². The summed E-state index contributed by atoms with van der Waals surface area (Å²) in [6.07, 6.45) is 0.635. The summed E-state index contributed by atoms with van der Waals surface area (Å²) in [5.41, 5.74) is 0.0703. The van der Waals surface area contributed by atoms with Crippen molar-refractivity contribution in [3.8, 4) is 17.2 Å². The molecule has 4 nitrogen and oxygen atoms in total. The van der Waals surface area contributed by atoms with Crippen molar-refractivity contribution < 1.29 is 19.7 Å². The third kappa shape index (κ3) is 1.50. The number of ether oxygens (including phenoxy) is 1. The maximum Gasteiger partial charge on any atom is 0.176 e. The number of carbonyl (C=O) groups excluding carboxylic acids is 1. The Morgan fingerprint density at radius 3 is 2.88 bits per heavy atom. The van der Waals surface area contributed by atoms with E-state index < -0.39 is 5.75 Å². The first-order chi connectivity index (χ1) is 7.56. The smallest absolute Gasteiger partial charge is 0.176 e. The first kappa shape index (κ1) is 11.1. The monoisotopic (exact) mass is 242 g/mol. The number of aromatic hydroxyl groups is 2. The zero-order valence-electron chi connectivity index (χ0n) is 8.66. The maximum atomic E-state index is 12.0. The van der Waals surface area contributed by atoms with E-state index in [0.29, 0.717) is 6.42 Å². The van der Waals surface area contributed by atoms with Crippen LogP contribution in [0.2, 0.25) is 5.02 Å². The molecule has 0 radical (unpaired) electrons. The summed E-state index contributed by atoms with van der Waals surface area (Å²) < 4.78 is 5.31. The van der Waals surface area contributed by atoms with Gasteiger partial charge in [-0.1, -0.05) is 18.5 Å². The van der Waals surface area contributed by atoms with Gasteiger partial charge >= 0.3 is 0 Å². The Labute approximate surface area is 97.4 Å². The lowest BCUT2D eigenvalue weighted by Crippen LogP contribution is -2.27. The van der Waals surface area contributed by atoms with Gasteiger partial charge in [0.1, 0.15) is 22.1 Å². The molecular formula is C11H11ClO4. The Morgan fingerprint density at radius 1 is 1.56 bits per heavy atom. The van der Waals surface area contributed by atoms with Crippen LogP contribution in [0.1, 0.15) is 23.7 Å². The molecule has 1 aromatic rings. The third-order valence-electron chi connectivity index (χ3n) is 2.73. The van der Waals surface area contributed by atoms with Crippen LogP contribution in [0.3, 0.4) is 0 Å². The Kier molecular flexibility index (Phi) is 2.68. The zero-order chi connectivity index (χ0) is 11.9. The number of phenols is 2. The number of Topliss-reactive ketones (excluding diaryl/α,β-unsaturated/α-hetero) is 1. The average molecular weight is 243 g/mol. The number of fused-ring (bicyclic) bond motifs is 1. The van der Waals surface area contributed by atoms with Crippen molar-refractivity contribution in [3.05, 3.63) is 16.7 Å². The fourth-order valence-corrected chi connectivity index (χ4v) is 1.88. The van der Waals surface area contributed by atoms with E-state index in [4.69, 9.17) is 16.3 Å². The van der Waals surface area contributed by atoms with Gasteiger partial charge in [0, 0.05) is 6.07 Å². The molecule has 0 aliphatic carbocycles. The molecule has 2 rings (SSSR count). The van der Waals surface area contributed by atoms with E-state index in [-0.39, 0.29) is 40.4 Å². The molecular weight excluding hydrogens is 232 g/mol. The molecule has 0 spiro atoms. The highest BCUT2D eigenvalue weighted by atomic mass is 35.5. The molecule has 0 amide bonds. The molecule has 5 heteroatoms. The van der Waals surface area contributed by atoms with Gasteiger partial charge in [-0.3, -0.25) is 4.79 Å². The Hall–Kier alpha value is -1.42. The first-order valence-corrected chi connectivity index (χ1v) is 5.35. The molecule has 1 aliphatic rings. The maximum absolute atomic E-state index is 12.0. The lowest BCUT2D eigenvalue weighted by molar-refractivity contribution is 0.0822. The molecule has 2 N–H and O–H groups in total. The molecule has 1 aliphatic heterocycles. The summed E-state index contributed by atoms with van der Waals surface area (Å²) in [6, 6.07) is 1.25. The summed E-state index contributed by atoms with van der Waals surface area (Å²) in [5, 5.41) is 18.9. The first-order valence-electron chi connectivity index (χ1n) is 4.97. The second-order valence-electron chi connectivity index (χ2n) is 3.71. The summed E-state index contributed by atoms with van der Waals surface area (Å²) in [7, 11) is 0. The molecule has 1 heterocycles. The van der Waals surface area contributed by atoms with Crippen molar-refractivity contribution in [2.24, 2.45) is 5.92 Å². The summed E-state index contributed by atoms with van der Waals surface area (Å²) >= 11 is 5.66. The number of phenolic OH excluding ortho intramolecular Hbond substituents is 2. The number of benzene rings is 1. The van der Waals surface area contributed by atoms with Crippen LogP contribution in [0.5, 0.6) is 17.2 Å². The second-order valence-corrected chi connectivity index (χ2v) is 4.09. The van der Waals surface area contributed by atoms with Gasteiger partial charge < -0.3 is 14.9 Å². The van der Waals surface area contributed by atoms with Crippen LogP contribution in [0.4, 0.5) is 0 Å². The van der Waals surface area contributed by atoms with Gasteiger partial charge in [-0.05, 0) is 6.42 Å². The number of rotatable bonds is 1. The number of hydrogen-bond donors (Lipinski definition) is 2. The molecule has 0 saturated heterocycles. The SMILES string of the molecule is CCC1COc2cc(O)c(Cl)c(O)c2C1=O. The van der Waals surface area contributed by atoms with E-state index >= 15 is 0 Å². The van der Waals surface area contributed by atoms with Crippen molar-refractivity contribution >= 4 is 17.4 Å². The number of halogens is 1. The third-order valence-corrected chi connectivity index (χ3v) is 3.11. The Morgan fingerprint density at radius 2 is 2.25 bits per heavy atom.